The van der Waals surface area contributed by atoms with Crippen LogP contribution in [0.2, 0.25) is 0 Å². The SMILES string of the molecule is N#Cc1ccc(-c2ccc(-c3nc(-c4ccc5c(c4)C(c4ccccc4)(c4ccccc4)c4ccccc4O5)nc(-c4ccc5ccccc5c4)n3)cc2)cc1. The molecule has 0 saturated heterocycles. The van der Waals surface area contributed by atoms with E-state index in [9.17, 15) is 5.26 Å². The molecule has 9 aromatic rings. The summed E-state index contributed by atoms with van der Waals surface area (Å²) in [6.45, 7) is 0. The van der Waals surface area contributed by atoms with Gasteiger partial charge in [-0.3, -0.25) is 0 Å². The van der Waals surface area contributed by atoms with E-state index in [0.717, 1.165) is 72.3 Å². The van der Waals surface area contributed by atoms with Crippen molar-refractivity contribution >= 4 is 10.8 Å². The summed E-state index contributed by atoms with van der Waals surface area (Å²) < 4.78 is 6.69. The Bertz CT molecular complexity index is 2900. The van der Waals surface area contributed by atoms with E-state index in [2.05, 4.69) is 127 Å². The molecule has 5 nitrogen and oxygen atoms in total. The summed E-state index contributed by atoms with van der Waals surface area (Å²) in [4.78, 5) is 15.4. The smallest absolute Gasteiger partial charge is 0.164 e. The van der Waals surface area contributed by atoms with Crippen LogP contribution in [0.1, 0.15) is 27.8 Å². The van der Waals surface area contributed by atoms with Gasteiger partial charge in [-0.2, -0.15) is 5.26 Å². The van der Waals surface area contributed by atoms with E-state index in [0.29, 0.717) is 23.0 Å². The minimum absolute atomic E-state index is 0.561. The molecule has 0 fully saturated rings. The number of hydrogen-bond donors (Lipinski definition) is 0. The minimum atomic E-state index is -0.680. The lowest BCUT2D eigenvalue weighted by Gasteiger charge is -2.41. The Kier molecular flexibility index (Phi) is 8.01. The van der Waals surface area contributed by atoms with Gasteiger partial charge >= 0.3 is 0 Å². The Balaban J connectivity index is 1.17. The van der Waals surface area contributed by atoms with Crippen molar-refractivity contribution in [3.8, 4) is 62.9 Å². The van der Waals surface area contributed by atoms with Crippen LogP contribution in [0.3, 0.4) is 0 Å². The quantitative estimate of drug-likeness (QED) is 0.171. The second kappa shape index (κ2) is 13.6. The number of nitriles is 1. The van der Waals surface area contributed by atoms with Gasteiger partial charge < -0.3 is 4.74 Å². The molecular weight excluding hydrogens is 685 g/mol. The molecule has 1 aromatic heterocycles. The number of para-hydroxylation sites is 1. The number of fused-ring (bicyclic) bond motifs is 3. The molecule has 5 heteroatoms. The van der Waals surface area contributed by atoms with Gasteiger partial charge in [-0.25, -0.2) is 15.0 Å². The van der Waals surface area contributed by atoms with E-state index in [1.54, 1.807) is 0 Å². The Morgan fingerprint density at radius 1 is 0.393 bits per heavy atom. The first-order valence-corrected chi connectivity index (χ1v) is 18.6. The van der Waals surface area contributed by atoms with E-state index in [-0.39, 0.29) is 0 Å². The lowest BCUT2D eigenvalue weighted by molar-refractivity contribution is 0.434. The first-order chi connectivity index (χ1) is 27.7. The van der Waals surface area contributed by atoms with Gasteiger partial charge in [-0.05, 0) is 75.5 Å². The molecule has 0 radical (unpaired) electrons. The topological polar surface area (TPSA) is 71.7 Å². The second-order valence-corrected chi connectivity index (χ2v) is 13.9. The van der Waals surface area contributed by atoms with Crippen molar-refractivity contribution in [1.82, 2.24) is 15.0 Å². The maximum Gasteiger partial charge on any atom is 0.164 e. The van der Waals surface area contributed by atoms with Gasteiger partial charge in [-0.15, -0.1) is 0 Å². The summed E-state index contributed by atoms with van der Waals surface area (Å²) in [6.07, 6.45) is 0. The number of benzene rings is 8. The van der Waals surface area contributed by atoms with Crippen molar-refractivity contribution in [3.05, 3.63) is 222 Å². The largest absolute Gasteiger partial charge is 0.457 e. The van der Waals surface area contributed by atoms with Gasteiger partial charge in [-0.1, -0.05) is 152 Å². The summed E-state index contributed by atoms with van der Waals surface area (Å²) in [6, 6.07) is 68.6. The number of ether oxygens (including phenoxy) is 1. The number of nitrogens with zero attached hydrogens (tertiary/aromatic N) is 4. The molecule has 0 saturated carbocycles. The third-order valence-electron chi connectivity index (χ3n) is 10.7. The van der Waals surface area contributed by atoms with E-state index in [4.69, 9.17) is 19.7 Å². The molecule has 262 valence electrons. The van der Waals surface area contributed by atoms with Gasteiger partial charge in [0.2, 0.25) is 0 Å². The normalized spacial score (nSPS) is 12.6. The lowest BCUT2D eigenvalue weighted by Crippen LogP contribution is -2.34. The highest BCUT2D eigenvalue weighted by Gasteiger charge is 2.45. The van der Waals surface area contributed by atoms with Crippen molar-refractivity contribution in [2.75, 3.05) is 0 Å². The molecule has 2 heterocycles. The fraction of sp³-hybridized carbons (Fsp3) is 0.0196. The molecule has 0 N–H and O–H groups in total. The summed E-state index contributed by atoms with van der Waals surface area (Å²) in [5, 5.41) is 11.5. The van der Waals surface area contributed by atoms with Crippen LogP contribution in [0.4, 0.5) is 0 Å². The third-order valence-corrected chi connectivity index (χ3v) is 10.7. The average Bonchev–Trinajstić information content (AvgIpc) is 3.28. The Morgan fingerprint density at radius 3 is 1.54 bits per heavy atom. The fourth-order valence-corrected chi connectivity index (χ4v) is 7.99. The van der Waals surface area contributed by atoms with Crippen molar-refractivity contribution in [2.24, 2.45) is 0 Å². The monoisotopic (exact) mass is 716 g/mol. The van der Waals surface area contributed by atoms with Crippen LogP contribution in [-0.2, 0) is 5.41 Å². The van der Waals surface area contributed by atoms with Crippen LogP contribution >= 0.6 is 0 Å². The second-order valence-electron chi connectivity index (χ2n) is 13.9. The van der Waals surface area contributed by atoms with E-state index < -0.39 is 5.41 Å². The molecule has 56 heavy (non-hydrogen) atoms. The summed E-state index contributed by atoms with van der Waals surface area (Å²) in [5.74, 6) is 3.32. The van der Waals surface area contributed by atoms with Gasteiger partial charge in [0.05, 0.1) is 17.0 Å². The maximum atomic E-state index is 9.28. The Hall–Kier alpha value is -7.68. The Labute approximate surface area is 324 Å². The van der Waals surface area contributed by atoms with Gasteiger partial charge in [0.1, 0.15) is 11.5 Å². The lowest BCUT2D eigenvalue weighted by atomic mass is 9.63. The van der Waals surface area contributed by atoms with Gasteiger partial charge in [0.25, 0.3) is 0 Å². The average molecular weight is 717 g/mol. The first-order valence-electron chi connectivity index (χ1n) is 18.6. The van der Waals surface area contributed by atoms with Crippen LogP contribution < -0.4 is 4.74 Å². The Morgan fingerprint density at radius 2 is 0.875 bits per heavy atom. The molecular formula is C51H32N4O. The predicted molar refractivity (Wildman–Crippen MR) is 222 cm³/mol. The van der Waals surface area contributed by atoms with Crippen molar-refractivity contribution in [1.29, 1.82) is 5.26 Å². The van der Waals surface area contributed by atoms with E-state index >= 15 is 0 Å². The maximum absolute atomic E-state index is 9.28. The molecule has 0 aliphatic carbocycles. The molecule has 1 aliphatic rings. The van der Waals surface area contributed by atoms with E-state index in [1.165, 1.54) is 0 Å². The van der Waals surface area contributed by atoms with Crippen molar-refractivity contribution < 1.29 is 4.74 Å². The highest BCUT2D eigenvalue weighted by atomic mass is 16.5. The molecule has 10 rings (SSSR count). The predicted octanol–water partition coefficient (Wildman–Crippen LogP) is 12.1. The standard InChI is InChI=1S/C51H32N4O/c52-33-34-19-21-36(22-20-34)37-23-26-38(27-24-37)48-53-49(40-28-25-35-11-7-8-12-39(35)31-40)55-50(54-48)41-29-30-47-45(32-41)51(42-13-3-1-4-14-42,43-15-5-2-6-16-43)44-17-9-10-18-46(44)56-47/h1-32H. The summed E-state index contributed by atoms with van der Waals surface area (Å²) in [7, 11) is 0. The van der Waals surface area contributed by atoms with Crippen molar-refractivity contribution in [3.63, 3.8) is 0 Å². The highest BCUT2D eigenvalue weighted by Crippen LogP contribution is 2.55. The van der Waals surface area contributed by atoms with Crippen LogP contribution in [-0.4, -0.2) is 15.0 Å². The zero-order valence-corrected chi connectivity index (χ0v) is 30.2. The molecule has 0 unspecified atom stereocenters. The van der Waals surface area contributed by atoms with Crippen LogP contribution in [0.15, 0.2) is 194 Å². The van der Waals surface area contributed by atoms with Gasteiger partial charge in [0, 0.05) is 27.8 Å². The first kappa shape index (κ1) is 32.9. The zero-order valence-electron chi connectivity index (χ0n) is 30.2. The fourth-order valence-electron chi connectivity index (χ4n) is 7.99. The van der Waals surface area contributed by atoms with Crippen molar-refractivity contribution in [2.45, 2.75) is 5.41 Å². The highest BCUT2D eigenvalue weighted by molar-refractivity contribution is 5.87. The summed E-state index contributed by atoms with van der Waals surface area (Å²) in [5.41, 5.74) is 8.98. The van der Waals surface area contributed by atoms with E-state index in [1.807, 2.05) is 72.8 Å². The van der Waals surface area contributed by atoms with Crippen LogP contribution in [0.5, 0.6) is 11.5 Å². The van der Waals surface area contributed by atoms with Gasteiger partial charge in [0.15, 0.2) is 17.5 Å². The molecule has 0 spiro atoms. The number of aromatic nitrogens is 3. The molecule has 1 aliphatic heterocycles. The zero-order chi connectivity index (χ0) is 37.5. The summed E-state index contributed by atoms with van der Waals surface area (Å²) >= 11 is 0. The third kappa shape index (κ3) is 5.60. The number of rotatable bonds is 6. The molecule has 0 bridgehead atoms. The number of hydrogen-bond acceptors (Lipinski definition) is 5. The molecule has 0 atom stereocenters. The van der Waals surface area contributed by atoms with Crippen LogP contribution in [0.25, 0.3) is 56.1 Å². The molecule has 8 aromatic carbocycles. The minimum Gasteiger partial charge on any atom is -0.457 e. The molecule has 0 amide bonds. The van der Waals surface area contributed by atoms with Crippen LogP contribution in [0, 0.1) is 11.3 Å².